The molecule has 6 nitrogen and oxygen atoms in total. The molecule has 6 heteroatoms. The number of carbonyl (C=O) groups is 2. The first-order valence-electron chi connectivity index (χ1n) is 12.5. The second-order valence-electron chi connectivity index (χ2n) is 11.0. The zero-order valence-corrected chi connectivity index (χ0v) is 19.9. The lowest BCUT2D eigenvalue weighted by atomic mass is 9.45. The summed E-state index contributed by atoms with van der Waals surface area (Å²) in [6.45, 7) is 6.46. The van der Waals surface area contributed by atoms with Crippen molar-refractivity contribution in [2.24, 2.45) is 28.6 Å². The van der Waals surface area contributed by atoms with E-state index in [4.69, 9.17) is 9.47 Å². The highest BCUT2D eigenvalue weighted by Gasteiger charge is 2.69. The summed E-state index contributed by atoms with van der Waals surface area (Å²) in [5.74, 6) is 0.513. The number of rotatable bonds is 8. The van der Waals surface area contributed by atoms with Gasteiger partial charge in [0.1, 0.15) is 19.0 Å². The Bertz CT molecular complexity index is 776. The first-order valence-corrected chi connectivity index (χ1v) is 12.5. The molecule has 0 aromatic rings. The molecule has 0 heterocycles. The molecule has 0 saturated heterocycles. The van der Waals surface area contributed by atoms with Gasteiger partial charge in [0.05, 0.1) is 6.10 Å². The third kappa shape index (κ3) is 3.53. The zero-order valence-electron chi connectivity index (χ0n) is 19.9. The van der Waals surface area contributed by atoms with Crippen molar-refractivity contribution in [2.45, 2.75) is 90.3 Å². The Hall–Kier alpha value is -1.08. The number of Topliss-reactive ketones (excluding diaryl/α,β-unsaturated/α-hetero) is 1. The molecule has 32 heavy (non-hydrogen) atoms. The minimum Gasteiger partial charge on any atom is -0.393 e. The van der Waals surface area contributed by atoms with Crippen molar-refractivity contribution in [3.05, 3.63) is 11.6 Å². The van der Waals surface area contributed by atoms with E-state index < -0.39 is 23.7 Å². The number of aliphatic hydroxyl groups is 2. The second kappa shape index (κ2) is 8.94. The van der Waals surface area contributed by atoms with Gasteiger partial charge in [-0.25, -0.2) is 0 Å². The van der Waals surface area contributed by atoms with Crippen LogP contribution >= 0.6 is 0 Å². The quantitative estimate of drug-likeness (QED) is 0.436. The number of hydrogen-bond donors (Lipinski definition) is 2. The van der Waals surface area contributed by atoms with Crippen LogP contribution in [0.1, 0.15) is 78.6 Å². The third-order valence-corrected chi connectivity index (χ3v) is 9.64. The van der Waals surface area contributed by atoms with Gasteiger partial charge in [-0.05, 0) is 74.2 Å². The molecule has 4 aliphatic rings. The summed E-state index contributed by atoms with van der Waals surface area (Å²) in [5.41, 5.74) is -0.629. The van der Waals surface area contributed by atoms with Crippen molar-refractivity contribution < 1.29 is 29.3 Å². The standard InChI is InChI=1S/C26H40O6/c1-4-5-12-31-16-32-26(22(30)15-27)11-9-20-19-7-6-17-13-18(28)8-10-24(17,2)23(19)21(29)14-25(20,26)3/h13,19-21,23,27,29H,4-12,14-16H2,1-3H3/t19-,20-,21?,23+,24-,25-,26-/m0/s1. The summed E-state index contributed by atoms with van der Waals surface area (Å²) in [5, 5.41) is 21.4. The predicted octanol–water partition coefficient (Wildman–Crippen LogP) is 3.58. The number of fused-ring (bicyclic) bond motifs is 5. The molecule has 0 spiro atoms. The maximum absolute atomic E-state index is 13.2. The largest absolute Gasteiger partial charge is 0.393 e. The van der Waals surface area contributed by atoms with Gasteiger partial charge in [-0.2, -0.15) is 0 Å². The fourth-order valence-corrected chi connectivity index (χ4v) is 8.03. The van der Waals surface area contributed by atoms with Gasteiger partial charge in [0, 0.05) is 18.4 Å². The lowest BCUT2D eigenvalue weighted by molar-refractivity contribution is -0.219. The maximum atomic E-state index is 13.2. The summed E-state index contributed by atoms with van der Waals surface area (Å²) < 4.78 is 11.9. The van der Waals surface area contributed by atoms with Crippen LogP contribution in [-0.4, -0.2) is 53.5 Å². The highest BCUT2D eigenvalue weighted by molar-refractivity contribution is 5.92. The van der Waals surface area contributed by atoms with Crippen molar-refractivity contribution in [3.8, 4) is 0 Å². The summed E-state index contributed by atoms with van der Waals surface area (Å²) in [4.78, 5) is 25.2. The molecule has 0 amide bonds. The van der Waals surface area contributed by atoms with Gasteiger partial charge in [-0.15, -0.1) is 0 Å². The molecule has 0 aliphatic heterocycles. The molecular weight excluding hydrogens is 408 g/mol. The van der Waals surface area contributed by atoms with E-state index in [2.05, 4.69) is 20.8 Å². The Balaban J connectivity index is 1.63. The number of ether oxygens (including phenoxy) is 2. The average Bonchev–Trinajstić information content (AvgIpc) is 3.06. The molecular formula is C26H40O6. The summed E-state index contributed by atoms with van der Waals surface area (Å²) >= 11 is 0. The summed E-state index contributed by atoms with van der Waals surface area (Å²) in [7, 11) is 0. The fourth-order valence-electron chi connectivity index (χ4n) is 8.03. The molecule has 0 radical (unpaired) electrons. The lowest BCUT2D eigenvalue weighted by Crippen LogP contribution is -2.63. The Labute approximate surface area is 191 Å². The Morgan fingerprint density at radius 3 is 2.72 bits per heavy atom. The van der Waals surface area contributed by atoms with E-state index in [9.17, 15) is 19.8 Å². The maximum Gasteiger partial charge on any atom is 0.190 e. The van der Waals surface area contributed by atoms with Crippen LogP contribution in [0.5, 0.6) is 0 Å². The molecule has 180 valence electrons. The van der Waals surface area contributed by atoms with Crippen LogP contribution in [0.25, 0.3) is 0 Å². The Morgan fingerprint density at radius 2 is 2.00 bits per heavy atom. The van der Waals surface area contributed by atoms with Gasteiger partial charge in [0.15, 0.2) is 11.6 Å². The van der Waals surface area contributed by atoms with E-state index in [1.807, 2.05) is 6.08 Å². The second-order valence-corrected chi connectivity index (χ2v) is 11.0. The topological polar surface area (TPSA) is 93.1 Å². The molecule has 1 unspecified atom stereocenters. The van der Waals surface area contributed by atoms with Crippen LogP contribution in [0.3, 0.4) is 0 Å². The van der Waals surface area contributed by atoms with Gasteiger partial charge in [0.25, 0.3) is 0 Å². The average molecular weight is 449 g/mol. The third-order valence-electron chi connectivity index (χ3n) is 9.64. The number of carbonyl (C=O) groups excluding carboxylic acids is 2. The minimum absolute atomic E-state index is 0.0327. The summed E-state index contributed by atoms with van der Waals surface area (Å²) in [6, 6.07) is 0. The van der Waals surface area contributed by atoms with E-state index >= 15 is 0 Å². The van der Waals surface area contributed by atoms with E-state index in [-0.39, 0.29) is 41.5 Å². The van der Waals surface area contributed by atoms with E-state index in [1.54, 1.807) is 0 Å². The molecule has 4 rings (SSSR count). The molecule has 0 bridgehead atoms. The van der Waals surface area contributed by atoms with Crippen LogP contribution in [0.2, 0.25) is 0 Å². The zero-order chi connectivity index (χ0) is 23.1. The molecule has 3 fully saturated rings. The summed E-state index contributed by atoms with van der Waals surface area (Å²) in [6.07, 6.45) is 8.24. The van der Waals surface area contributed by atoms with Crippen molar-refractivity contribution >= 4 is 11.6 Å². The van der Waals surface area contributed by atoms with Crippen LogP contribution in [0.4, 0.5) is 0 Å². The van der Waals surface area contributed by atoms with Crippen LogP contribution in [-0.2, 0) is 19.1 Å². The van der Waals surface area contributed by atoms with Crippen molar-refractivity contribution in [1.82, 2.24) is 0 Å². The molecule has 2 N–H and O–H groups in total. The SMILES string of the molecule is CCCCOCO[C@]1(C(=O)CO)CC[C@H]2[C@@H]3CCC4=CC(=O)CC[C@]4(C)[C@H]3C(O)C[C@@]21C. The number of hydrogen-bond acceptors (Lipinski definition) is 6. The fraction of sp³-hybridized carbons (Fsp3) is 0.846. The number of allylic oxidation sites excluding steroid dienone is 1. The Kier molecular flexibility index (Phi) is 6.72. The Morgan fingerprint density at radius 1 is 1.22 bits per heavy atom. The monoisotopic (exact) mass is 448 g/mol. The van der Waals surface area contributed by atoms with Crippen LogP contribution in [0, 0.1) is 28.6 Å². The highest BCUT2D eigenvalue weighted by atomic mass is 16.7. The number of aliphatic hydroxyl groups excluding tert-OH is 2. The minimum atomic E-state index is -1.12. The van der Waals surface area contributed by atoms with Gasteiger partial charge in [-0.1, -0.05) is 32.8 Å². The first-order chi connectivity index (χ1) is 15.2. The molecule has 4 aliphatic carbocycles. The van der Waals surface area contributed by atoms with E-state index in [0.717, 1.165) is 38.5 Å². The van der Waals surface area contributed by atoms with Crippen LogP contribution < -0.4 is 0 Å². The first kappa shape index (κ1) is 24.1. The lowest BCUT2D eigenvalue weighted by Gasteiger charge is -2.61. The van der Waals surface area contributed by atoms with Gasteiger partial charge in [0.2, 0.25) is 0 Å². The van der Waals surface area contributed by atoms with Crippen molar-refractivity contribution in [3.63, 3.8) is 0 Å². The number of unbranched alkanes of at least 4 members (excludes halogenated alkanes) is 1. The number of ketones is 2. The normalized spacial score (nSPS) is 43.3. The molecule has 0 aromatic heterocycles. The smallest absolute Gasteiger partial charge is 0.190 e. The molecule has 0 aromatic carbocycles. The van der Waals surface area contributed by atoms with Crippen molar-refractivity contribution in [1.29, 1.82) is 0 Å². The predicted molar refractivity (Wildman–Crippen MR) is 120 cm³/mol. The molecule has 7 atom stereocenters. The van der Waals surface area contributed by atoms with Gasteiger partial charge >= 0.3 is 0 Å². The highest BCUT2D eigenvalue weighted by Crippen LogP contribution is 2.68. The van der Waals surface area contributed by atoms with E-state index in [1.165, 1.54) is 5.57 Å². The molecule has 3 saturated carbocycles. The van der Waals surface area contributed by atoms with Crippen LogP contribution in [0.15, 0.2) is 11.6 Å². The van der Waals surface area contributed by atoms with Gasteiger partial charge < -0.3 is 19.7 Å². The van der Waals surface area contributed by atoms with E-state index in [0.29, 0.717) is 25.9 Å². The van der Waals surface area contributed by atoms with Gasteiger partial charge in [-0.3, -0.25) is 9.59 Å². The van der Waals surface area contributed by atoms with Crippen molar-refractivity contribution in [2.75, 3.05) is 20.0 Å².